The molecule has 1 radical (unpaired) electrons. The molecule has 3 N–H and O–H groups in total. The molecule has 0 heterocycles. The SMILES string of the molecule is Cl.N.[Pd].[Rh]. The van der Waals surface area contributed by atoms with Crippen LogP contribution < -0.4 is 6.15 Å². The first-order valence-electron chi connectivity index (χ1n) is 0. The van der Waals surface area contributed by atoms with Crippen LogP contribution in [0.2, 0.25) is 0 Å². The van der Waals surface area contributed by atoms with Crippen LogP contribution in [0.15, 0.2) is 0 Å². The van der Waals surface area contributed by atoms with E-state index in [4.69, 9.17) is 0 Å². The van der Waals surface area contributed by atoms with Gasteiger partial charge in [-0.25, -0.2) is 0 Å². The predicted molar refractivity (Wildman–Crippen MR) is 12.3 cm³/mol. The third-order valence-corrected chi connectivity index (χ3v) is 0. The van der Waals surface area contributed by atoms with Crippen molar-refractivity contribution in [3.05, 3.63) is 0 Å². The van der Waals surface area contributed by atoms with E-state index in [0.29, 0.717) is 0 Å². The standard InChI is InChI=1S/ClH.H3N.Pd.Rh/h1H;1H3;;. The summed E-state index contributed by atoms with van der Waals surface area (Å²) in [4.78, 5) is 0. The molecule has 1 nitrogen and oxygen atoms in total. The first-order valence-corrected chi connectivity index (χ1v) is 0. The molecule has 0 bridgehead atoms. The van der Waals surface area contributed by atoms with E-state index in [0.717, 1.165) is 0 Å². The molecule has 0 aliphatic rings. The topological polar surface area (TPSA) is 35.0 Å². The van der Waals surface area contributed by atoms with Gasteiger partial charge in [-0.2, -0.15) is 0 Å². The van der Waals surface area contributed by atoms with Crippen molar-refractivity contribution in [2.24, 2.45) is 0 Å². The van der Waals surface area contributed by atoms with Gasteiger partial charge >= 0.3 is 0 Å². The number of hydrogen-bond donors (Lipinski definition) is 1. The molecule has 0 aromatic carbocycles. The van der Waals surface area contributed by atoms with Crippen LogP contribution >= 0.6 is 12.4 Å². The zero-order valence-corrected chi connectivity index (χ0v) is 5.77. The molecule has 35 valence electrons. The van der Waals surface area contributed by atoms with Gasteiger partial charge in [0.1, 0.15) is 0 Å². The second-order valence-corrected chi connectivity index (χ2v) is 0. The van der Waals surface area contributed by atoms with E-state index in [2.05, 4.69) is 0 Å². The summed E-state index contributed by atoms with van der Waals surface area (Å²) in [6, 6.07) is 0. The molecule has 0 amide bonds. The van der Waals surface area contributed by atoms with Crippen molar-refractivity contribution in [3.8, 4) is 0 Å². The van der Waals surface area contributed by atoms with Crippen LogP contribution in [-0.2, 0) is 39.9 Å². The Morgan fingerprint density at radius 3 is 1.00 bits per heavy atom. The maximum Gasteiger partial charge on any atom is 0 e. The van der Waals surface area contributed by atoms with E-state index in [-0.39, 0.29) is 58.5 Å². The fourth-order valence-electron chi connectivity index (χ4n) is 0. The monoisotopic (exact) mass is 262 g/mol. The average Bonchev–Trinajstić information content (AvgIpc) is 0. The molecule has 0 aromatic heterocycles. The van der Waals surface area contributed by atoms with Gasteiger partial charge in [-0.3, -0.25) is 0 Å². The minimum atomic E-state index is 0. The molecule has 0 fully saturated rings. The summed E-state index contributed by atoms with van der Waals surface area (Å²) in [7, 11) is 0. The molecule has 0 aromatic rings. The van der Waals surface area contributed by atoms with E-state index in [1.807, 2.05) is 0 Å². The largest absolute Gasteiger partial charge is 0.344 e. The van der Waals surface area contributed by atoms with E-state index in [9.17, 15) is 0 Å². The number of rotatable bonds is 0. The summed E-state index contributed by atoms with van der Waals surface area (Å²) in [5, 5.41) is 0. The quantitative estimate of drug-likeness (QED) is 0.637. The molecular formula is H4ClNPdRh. The van der Waals surface area contributed by atoms with Gasteiger partial charge in [-0.1, -0.05) is 0 Å². The number of hydrogen-bond acceptors (Lipinski definition) is 1. The van der Waals surface area contributed by atoms with Crippen molar-refractivity contribution in [3.63, 3.8) is 0 Å². The Kier molecular flexibility index (Phi) is 290. The Morgan fingerprint density at radius 1 is 1.00 bits per heavy atom. The first kappa shape index (κ1) is 48.3. The van der Waals surface area contributed by atoms with Gasteiger partial charge < -0.3 is 6.15 Å². The van der Waals surface area contributed by atoms with Gasteiger partial charge in [-0.15, -0.1) is 12.4 Å². The van der Waals surface area contributed by atoms with Crippen LogP contribution in [0.3, 0.4) is 0 Å². The zero-order chi connectivity index (χ0) is 0. The summed E-state index contributed by atoms with van der Waals surface area (Å²) < 4.78 is 0. The maximum absolute atomic E-state index is 0. The van der Waals surface area contributed by atoms with E-state index in [1.165, 1.54) is 0 Å². The Balaban J connectivity index is 0. The summed E-state index contributed by atoms with van der Waals surface area (Å²) in [6.45, 7) is 0. The Bertz CT molecular complexity index is 8.00. The van der Waals surface area contributed by atoms with Crippen LogP contribution in [0.25, 0.3) is 0 Å². The van der Waals surface area contributed by atoms with Gasteiger partial charge in [-0.05, 0) is 0 Å². The second-order valence-electron chi connectivity index (χ2n) is 0. The Morgan fingerprint density at radius 2 is 1.00 bits per heavy atom. The van der Waals surface area contributed by atoms with Crippen LogP contribution in [-0.4, -0.2) is 0 Å². The molecule has 0 saturated heterocycles. The zero-order valence-electron chi connectivity index (χ0n) is 1.76. The smallest absolute Gasteiger partial charge is 0 e. The van der Waals surface area contributed by atoms with E-state index < -0.39 is 0 Å². The summed E-state index contributed by atoms with van der Waals surface area (Å²) in [6.07, 6.45) is 0. The summed E-state index contributed by atoms with van der Waals surface area (Å²) in [5.41, 5.74) is 0. The summed E-state index contributed by atoms with van der Waals surface area (Å²) >= 11 is 0. The normalized spacial score (nSPS) is 0. The van der Waals surface area contributed by atoms with Crippen molar-refractivity contribution in [2.75, 3.05) is 0 Å². The van der Waals surface area contributed by atoms with Crippen LogP contribution in [0.5, 0.6) is 0 Å². The second kappa shape index (κ2) is 24.0. The Hall–Kier alpha value is 1.54. The third kappa shape index (κ3) is 9.64. The van der Waals surface area contributed by atoms with Crippen molar-refractivity contribution in [2.45, 2.75) is 0 Å². The van der Waals surface area contributed by atoms with Gasteiger partial charge in [0.2, 0.25) is 0 Å². The van der Waals surface area contributed by atoms with Gasteiger partial charge in [0.25, 0.3) is 0 Å². The molecule has 0 rings (SSSR count). The molecule has 0 aliphatic carbocycles. The molecule has 0 atom stereocenters. The fraction of sp³-hybridized carbons (Fsp3) is 0. The number of halogens is 1. The van der Waals surface area contributed by atoms with Crippen LogP contribution in [0.4, 0.5) is 0 Å². The molecule has 4 heteroatoms. The molecule has 0 spiro atoms. The van der Waals surface area contributed by atoms with E-state index >= 15 is 0 Å². The van der Waals surface area contributed by atoms with Gasteiger partial charge in [0.15, 0.2) is 0 Å². The van der Waals surface area contributed by atoms with Gasteiger partial charge in [0, 0.05) is 39.9 Å². The van der Waals surface area contributed by atoms with Crippen molar-refractivity contribution < 1.29 is 39.9 Å². The molecule has 4 heavy (non-hydrogen) atoms. The minimum Gasteiger partial charge on any atom is -0.344 e. The molecule has 0 aliphatic heterocycles. The van der Waals surface area contributed by atoms with Crippen LogP contribution in [0.1, 0.15) is 0 Å². The molecule has 0 saturated carbocycles. The van der Waals surface area contributed by atoms with Crippen molar-refractivity contribution in [1.29, 1.82) is 0 Å². The summed E-state index contributed by atoms with van der Waals surface area (Å²) in [5.74, 6) is 0. The molecular weight excluding hydrogens is 259 g/mol. The van der Waals surface area contributed by atoms with Gasteiger partial charge in [0.05, 0.1) is 0 Å². The maximum atomic E-state index is 0. The van der Waals surface area contributed by atoms with Crippen molar-refractivity contribution in [1.82, 2.24) is 6.15 Å². The van der Waals surface area contributed by atoms with Crippen LogP contribution in [0, 0.1) is 0 Å². The fourth-order valence-corrected chi connectivity index (χ4v) is 0. The van der Waals surface area contributed by atoms with Crippen molar-refractivity contribution >= 4 is 12.4 Å². The first-order chi connectivity index (χ1) is 0. The Labute approximate surface area is 58.3 Å². The average molecular weight is 263 g/mol. The molecule has 0 unspecified atom stereocenters. The minimum absolute atomic E-state index is 0. The predicted octanol–water partition coefficient (Wildman–Crippen LogP) is 0.579. The van der Waals surface area contributed by atoms with E-state index in [1.54, 1.807) is 0 Å². The third-order valence-electron chi connectivity index (χ3n) is 0.